The van der Waals surface area contributed by atoms with Gasteiger partial charge in [0.25, 0.3) is 0 Å². The average Bonchev–Trinajstić information content (AvgIpc) is 3.30. The maximum Gasteiger partial charge on any atom is 0.307 e. The van der Waals surface area contributed by atoms with Gasteiger partial charge in [0.05, 0.1) is 11.8 Å². The number of hydrogen-bond acceptors (Lipinski definition) is 7. The SMILES string of the molecule is CC(C)c1nnc2ccc(-c3ocnc3-c3cc(F)ccc3F)c(OS(C)(=O)=O)n12. The number of rotatable bonds is 5. The third-order valence-corrected chi connectivity index (χ3v) is 4.75. The summed E-state index contributed by atoms with van der Waals surface area (Å²) >= 11 is 0. The zero-order valence-corrected chi connectivity index (χ0v) is 16.9. The number of oxazole rings is 1. The number of nitrogens with zero attached hydrogens (tertiary/aromatic N) is 4. The Morgan fingerprint density at radius 3 is 2.57 bits per heavy atom. The highest BCUT2D eigenvalue weighted by Gasteiger charge is 2.26. The molecule has 0 bridgehead atoms. The summed E-state index contributed by atoms with van der Waals surface area (Å²) in [7, 11) is -3.97. The van der Waals surface area contributed by atoms with E-state index in [2.05, 4.69) is 15.2 Å². The fourth-order valence-electron chi connectivity index (χ4n) is 3.05. The summed E-state index contributed by atoms with van der Waals surface area (Å²) in [4.78, 5) is 4.01. The van der Waals surface area contributed by atoms with E-state index in [4.69, 9.17) is 8.60 Å². The molecule has 0 fully saturated rings. The Balaban J connectivity index is 2.03. The van der Waals surface area contributed by atoms with Crippen LogP contribution in [0, 0.1) is 11.6 Å². The van der Waals surface area contributed by atoms with Gasteiger partial charge in [-0.25, -0.2) is 18.2 Å². The van der Waals surface area contributed by atoms with Crippen LogP contribution in [0.2, 0.25) is 0 Å². The van der Waals surface area contributed by atoms with Crippen molar-refractivity contribution in [3.05, 3.63) is 54.2 Å². The zero-order chi connectivity index (χ0) is 21.6. The summed E-state index contributed by atoms with van der Waals surface area (Å²) in [5.74, 6) is -1.19. The molecule has 0 saturated heterocycles. The fourth-order valence-corrected chi connectivity index (χ4v) is 3.51. The molecule has 0 amide bonds. The molecule has 4 rings (SSSR count). The van der Waals surface area contributed by atoms with Crippen molar-refractivity contribution in [2.45, 2.75) is 19.8 Å². The lowest BCUT2D eigenvalue weighted by Gasteiger charge is -2.13. The van der Waals surface area contributed by atoms with Gasteiger partial charge in [0.1, 0.15) is 23.2 Å². The molecule has 4 aromatic rings. The second-order valence-electron chi connectivity index (χ2n) is 6.90. The first kappa shape index (κ1) is 20.0. The van der Waals surface area contributed by atoms with Crippen molar-refractivity contribution in [2.75, 3.05) is 6.26 Å². The third kappa shape index (κ3) is 3.52. The molecule has 0 aliphatic carbocycles. The number of hydrogen-bond donors (Lipinski definition) is 0. The normalized spacial score (nSPS) is 12.1. The Hall–Kier alpha value is -3.34. The van der Waals surface area contributed by atoms with E-state index in [-0.39, 0.29) is 34.4 Å². The first-order valence-corrected chi connectivity index (χ1v) is 10.6. The van der Waals surface area contributed by atoms with Gasteiger partial charge in [0, 0.05) is 11.5 Å². The van der Waals surface area contributed by atoms with E-state index in [9.17, 15) is 17.2 Å². The van der Waals surface area contributed by atoms with E-state index < -0.39 is 21.8 Å². The van der Waals surface area contributed by atoms with Gasteiger partial charge < -0.3 is 8.60 Å². The van der Waals surface area contributed by atoms with Crippen molar-refractivity contribution in [3.63, 3.8) is 0 Å². The van der Waals surface area contributed by atoms with Crippen molar-refractivity contribution >= 4 is 15.8 Å². The molecular weight excluding hydrogens is 418 g/mol. The van der Waals surface area contributed by atoms with E-state index in [1.54, 1.807) is 6.07 Å². The quantitative estimate of drug-likeness (QED) is 0.441. The van der Waals surface area contributed by atoms with E-state index in [1.165, 1.54) is 10.5 Å². The van der Waals surface area contributed by atoms with Crippen molar-refractivity contribution in [1.82, 2.24) is 19.6 Å². The van der Waals surface area contributed by atoms with Gasteiger partial charge in [0.15, 0.2) is 17.8 Å². The average molecular weight is 434 g/mol. The van der Waals surface area contributed by atoms with Gasteiger partial charge in [-0.3, -0.25) is 0 Å². The van der Waals surface area contributed by atoms with Crippen LogP contribution in [0.5, 0.6) is 5.88 Å². The molecule has 0 aliphatic rings. The van der Waals surface area contributed by atoms with Crippen molar-refractivity contribution in [3.8, 4) is 28.5 Å². The molecule has 0 aliphatic heterocycles. The van der Waals surface area contributed by atoms with Gasteiger partial charge in [-0.1, -0.05) is 13.8 Å². The Morgan fingerprint density at radius 1 is 1.10 bits per heavy atom. The van der Waals surface area contributed by atoms with E-state index in [0.29, 0.717) is 11.5 Å². The number of fused-ring (bicyclic) bond motifs is 1. The lowest BCUT2D eigenvalue weighted by Crippen LogP contribution is -2.11. The van der Waals surface area contributed by atoms with Gasteiger partial charge in [0.2, 0.25) is 5.88 Å². The van der Waals surface area contributed by atoms with E-state index in [1.807, 2.05) is 13.8 Å². The zero-order valence-electron chi connectivity index (χ0n) is 16.1. The molecular formula is C19H16F2N4O4S. The lowest BCUT2D eigenvalue weighted by molar-refractivity contribution is 0.474. The van der Waals surface area contributed by atoms with Crippen LogP contribution in [0.1, 0.15) is 25.6 Å². The van der Waals surface area contributed by atoms with Crippen LogP contribution in [0.4, 0.5) is 8.78 Å². The molecule has 156 valence electrons. The standard InChI is InChI=1S/C19H16F2N4O4S/c1-10(2)18-24-23-15-7-5-12(19(25(15)18)29-30(3,26)27)17-16(22-9-28-17)13-8-11(20)4-6-14(13)21/h4-10H,1-3H3. The molecule has 0 spiro atoms. The largest absolute Gasteiger partial charge is 0.443 e. The van der Waals surface area contributed by atoms with Crippen LogP contribution in [0.25, 0.3) is 28.2 Å². The summed E-state index contributed by atoms with van der Waals surface area (Å²) in [6.07, 6.45) is 1.95. The van der Waals surface area contributed by atoms with Gasteiger partial charge in [-0.05, 0) is 30.3 Å². The molecule has 8 nitrogen and oxygen atoms in total. The van der Waals surface area contributed by atoms with Crippen LogP contribution in [0.3, 0.4) is 0 Å². The van der Waals surface area contributed by atoms with Crippen LogP contribution in [-0.2, 0) is 10.1 Å². The molecule has 0 radical (unpaired) electrons. The Kier molecular flexibility index (Phi) is 4.77. The smallest absolute Gasteiger partial charge is 0.307 e. The minimum Gasteiger partial charge on any atom is -0.443 e. The second kappa shape index (κ2) is 7.17. The molecule has 3 heterocycles. The number of aromatic nitrogens is 4. The summed E-state index contributed by atoms with van der Waals surface area (Å²) in [5, 5.41) is 8.14. The second-order valence-corrected chi connectivity index (χ2v) is 8.48. The minimum atomic E-state index is -3.97. The predicted molar refractivity (Wildman–Crippen MR) is 103 cm³/mol. The Bertz CT molecular complexity index is 1360. The van der Waals surface area contributed by atoms with Crippen LogP contribution in [0.15, 0.2) is 41.1 Å². The first-order valence-electron chi connectivity index (χ1n) is 8.82. The molecule has 1 aromatic carbocycles. The molecule has 0 atom stereocenters. The summed E-state index contributed by atoms with van der Waals surface area (Å²) in [6, 6.07) is 6.00. The number of pyridine rings is 1. The lowest BCUT2D eigenvalue weighted by atomic mass is 10.1. The van der Waals surface area contributed by atoms with Gasteiger partial charge in [-0.2, -0.15) is 8.42 Å². The first-order chi connectivity index (χ1) is 14.2. The monoisotopic (exact) mass is 434 g/mol. The summed E-state index contributed by atoms with van der Waals surface area (Å²) in [6.45, 7) is 3.71. The summed E-state index contributed by atoms with van der Waals surface area (Å²) in [5.41, 5.74) is 0.353. The molecule has 30 heavy (non-hydrogen) atoms. The van der Waals surface area contributed by atoms with Crippen LogP contribution in [-0.4, -0.2) is 34.3 Å². The summed E-state index contributed by atoms with van der Waals surface area (Å²) < 4.78 is 64.2. The van der Waals surface area contributed by atoms with Crippen LogP contribution < -0.4 is 4.18 Å². The highest BCUT2D eigenvalue weighted by molar-refractivity contribution is 7.86. The number of halogens is 2. The minimum absolute atomic E-state index is 0.00320. The molecule has 0 N–H and O–H groups in total. The molecule has 0 unspecified atom stereocenters. The maximum atomic E-state index is 14.4. The Labute approximate surface area is 170 Å². The van der Waals surface area contributed by atoms with Crippen molar-refractivity contribution in [1.29, 1.82) is 0 Å². The fraction of sp³-hybridized carbons (Fsp3) is 0.211. The molecule has 0 saturated carbocycles. The van der Waals surface area contributed by atoms with Crippen molar-refractivity contribution in [2.24, 2.45) is 0 Å². The van der Waals surface area contributed by atoms with E-state index in [0.717, 1.165) is 30.8 Å². The highest BCUT2D eigenvalue weighted by Crippen LogP contribution is 2.39. The topological polar surface area (TPSA) is 99.6 Å². The number of benzene rings is 1. The molecule has 11 heteroatoms. The van der Waals surface area contributed by atoms with Gasteiger partial charge in [-0.15, -0.1) is 10.2 Å². The highest BCUT2D eigenvalue weighted by atomic mass is 32.2. The van der Waals surface area contributed by atoms with Crippen molar-refractivity contribution < 1.29 is 25.8 Å². The predicted octanol–water partition coefficient (Wildman–Crippen LogP) is 3.79. The Morgan fingerprint density at radius 2 is 1.87 bits per heavy atom. The maximum absolute atomic E-state index is 14.4. The van der Waals surface area contributed by atoms with Gasteiger partial charge >= 0.3 is 10.1 Å². The van der Waals surface area contributed by atoms with E-state index >= 15 is 0 Å². The van der Waals surface area contributed by atoms with Crippen LogP contribution >= 0.6 is 0 Å². The third-order valence-electron chi connectivity index (χ3n) is 4.29. The molecule has 3 aromatic heterocycles.